The Morgan fingerprint density at radius 1 is 0.396 bits per heavy atom. The van der Waals surface area contributed by atoms with Crippen LogP contribution in [-0.4, -0.2) is 0 Å². The topological polar surface area (TPSA) is 0 Å². The van der Waals surface area contributed by atoms with Gasteiger partial charge in [0.25, 0.3) is 0 Å². The Hall–Kier alpha value is -5.24. The van der Waals surface area contributed by atoms with E-state index in [-0.39, 0.29) is 5.41 Å². The van der Waals surface area contributed by atoms with E-state index in [4.69, 9.17) is 0 Å². The summed E-state index contributed by atoms with van der Waals surface area (Å²) in [7, 11) is 0. The van der Waals surface area contributed by atoms with Gasteiger partial charge < -0.3 is 0 Å². The molecular weight excluding hydrogens is 657 g/mol. The van der Waals surface area contributed by atoms with Crippen LogP contribution in [0.3, 0.4) is 0 Å². The summed E-state index contributed by atoms with van der Waals surface area (Å²) in [5, 5.41) is 10.7. The molecule has 252 valence electrons. The van der Waals surface area contributed by atoms with E-state index >= 15 is 0 Å². The van der Waals surface area contributed by atoms with E-state index in [0.717, 1.165) is 23.7 Å². The molecule has 1 aromatic heterocycles. The minimum Gasteiger partial charge on any atom is -0.135 e. The largest absolute Gasteiger partial charge is 0.135 e. The third kappa shape index (κ3) is 3.76. The number of hydrogen-bond donors (Lipinski definition) is 0. The molecule has 0 unspecified atom stereocenters. The van der Waals surface area contributed by atoms with Gasteiger partial charge in [-0.2, -0.15) is 0 Å². The molecule has 0 aliphatic heterocycles. The van der Waals surface area contributed by atoms with Crippen LogP contribution in [0.4, 0.5) is 0 Å². The van der Waals surface area contributed by atoms with Crippen molar-refractivity contribution < 1.29 is 0 Å². The van der Waals surface area contributed by atoms with E-state index in [0.29, 0.717) is 0 Å². The van der Waals surface area contributed by atoms with Gasteiger partial charge in [0.2, 0.25) is 0 Å². The van der Waals surface area contributed by atoms with Gasteiger partial charge in [0.05, 0.1) is 0 Å². The molecule has 0 saturated heterocycles. The number of thiophene rings is 1. The van der Waals surface area contributed by atoms with Crippen LogP contribution >= 0.6 is 11.3 Å². The van der Waals surface area contributed by atoms with Gasteiger partial charge in [-0.25, -0.2) is 0 Å². The van der Waals surface area contributed by atoms with Gasteiger partial charge in [-0.3, -0.25) is 0 Å². The summed E-state index contributed by atoms with van der Waals surface area (Å²) >= 11 is 1.89. The lowest BCUT2D eigenvalue weighted by molar-refractivity contribution is -0.0399. The van der Waals surface area contributed by atoms with Crippen molar-refractivity contribution in [3.05, 3.63) is 157 Å². The number of rotatable bonds is 2. The van der Waals surface area contributed by atoms with Gasteiger partial charge in [-0.1, -0.05) is 121 Å². The van der Waals surface area contributed by atoms with E-state index in [9.17, 15) is 0 Å². The summed E-state index contributed by atoms with van der Waals surface area (Å²) in [5.41, 5.74) is 11.7. The van der Waals surface area contributed by atoms with E-state index in [1.54, 1.807) is 11.1 Å². The molecule has 4 fully saturated rings. The van der Waals surface area contributed by atoms with Crippen molar-refractivity contribution in [1.29, 1.82) is 0 Å². The number of hydrogen-bond acceptors (Lipinski definition) is 1. The van der Waals surface area contributed by atoms with Crippen LogP contribution in [0.1, 0.15) is 43.2 Å². The second-order valence-corrected chi connectivity index (χ2v) is 17.9. The Morgan fingerprint density at radius 3 is 1.60 bits per heavy atom. The van der Waals surface area contributed by atoms with E-state index in [1.807, 2.05) is 11.3 Å². The Bertz CT molecular complexity index is 2940. The van der Waals surface area contributed by atoms with Gasteiger partial charge in [0, 0.05) is 25.6 Å². The molecule has 5 aliphatic rings. The zero-order valence-electron chi connectivity index (χ0n) is 29.6. The van der Waals surface area contributed by atoms with Crippen LogP contribution in [0.2, 0.25) is 0 Å². The zero-order valence-corrected chi connectivity index (χ0v) is 30.4. The van der Waals surface area contributed by atoms with Crippen molar-refractivity contribution in [3.8, 4) is 33.4 Å². The summed E-state index contributed by atoms with van der Waals surface area (Å²) in [6.45, 7) is 0. The van der Waals surface area contributed by atoms with Crippen molar-refractivity contribution in [1.82, 2.24) is 0 Å². The lowest BCUT2D eigenvalue weighted by Gasteiger charge is -2.61. The van der Waals surface area contributed by atoms with E-state index < -0.39 is 0 Å². The molecule has 9 aromatic rings. The van der Waals surface area contributed by atoms with Crippen molar-refractivity contribution in [2.75, 3.05) is 0 Å². The van der Waals surface area contributed by atoms with Crippen molar-refractivity contribution in [2.24, 2.45) is 23.7 Å². The summed E-state index contributed by atoms with van der Waals surface area (Å²) in [6, 6.07) is 56.3. The predicted octanol–water partition coefficient (Wildman–Crippen LogP) is 14.6. The fourth-order valence-electron chi connectivity index (χ4n) is 12.8. The van der Waals surface area contributed by atoms with Crippen LogP contribution in [0, 0.1) is 23.7 Å². The normalized spacial score (nSPS) is 23.9. The summed E-state index contributed by atoms with van der Waals surface area (Å²) in [6.07, 6.45) is 7.15. The second kappa shape index (κ2) is 10.5. The van der Waals surface area contributed by atoms with Crippen molar-refractivity contribution >= 4 is 63.8 Å². The van der Waals surface area contributed by atoms with Crippen LogP contribution < -0.4 is 0 Å². The highest BCUT2D eigenvalue weighted by Gasteiger charge is 2.61. The summed E-state index contributed by atoms with van der Waals surface area (Å²) < 4.78 is 2.70. The minimum absolute atomic E-state index is 0.180. The standard InChI is InChI=1S/C52H38S/c1-3-12-40-38(10-1)49(39-11-2-4-13-41(39)50(40)34-20-22-48-44(29-34)37-9-6-8-16-47(37)53-48)33-18-17-32-19-21-46-51(43(32)28-33)42-14-5-7-15-45(42)52(46)35-24-30-23-31(26-35)27-36(52)25-30/h1-22,28-31,35-36H,23-27H2. The molecule has 0 amide bonds. The van der Waals surface area contributed by atoms with Crippen LogP contribution in [0.25, 0.3) is 85.9 Å². The first-order valence-corrected chi connectivity index (χ1v) is 20.6. The summed E-state index contributed by atoms with van der Waals surface area (Å²) in [5.74, 6) is 3.44. The molecular formula is C52H38S. The van der Waals surface area contributed by atoms with Crippen molar-refractivity contribution in [3.63, 3.8) is 0 Å². The highest BCUT2D eigenvalue weighted by molar-refractivity contribution is 7.25. The van der Waals surface area contributed by atoms with Gasteiger partial charge in [-0.05, 0) is 157 Å². The maximum atomic E-state index is 2.57. The monoisotopic (exact) mass is 694 g/mol. The molecule has 4 bridgehead atoms. The maximum absolute atomic E-state index is 2.57. The third-order valence-electron chi connectivity index (χ3n) is 14.4. The van der Waals surface area contributed by atoms with Gasteiger partial charge in [0.1, 0.15) is 0 Å². The third-order valence-corrected chi connectivity index (χ3v) is 15.6. The second-order valence-electron chi connectivity index (χ2n) is 16.8. The van der Waals surface area contributed by atoms with Gasteiger partial charge in [-0.15, -0.1) is 11.3 Å². The molecule has 0 nitrogen and oxygen atoms in total. The Kier molecular flexibility index (Phi) is 5.77. The van der Waals surface area contributed by atoms with Crippen molar-refractivity contribution in [2.45, 2.75) is 37.5 Å². The van der Waals surface area contributed by atoms with Gasteiger partial charge >= 0.3 is 0 Å². The SMILES string of the molecule is c1ccc2c(c1)-c1c(ccc3ccc(-c4c5ccccc5c(-c5ccc6sc7ccccc7c6c5)c5ccccc45)cc13)C21C2CC3CC(C2)CC1C3. The van der Waals surface area contributed by atoms with E-state index in [2.05, 4.69) is 146 Å². The van der Waals surface area contributed by atoms with Crippen LogP contribution in [0.5, 0.6) is 0 Å². The molecule has 8 aromatic carbocycles. The van der Waals surface area contributed by atoms with Crippen LogP contribution in [0.15, 0.2) is 146 Å². The molecule has 4 saturated carbocycles. The van der Waals surface area contributed by atoms with Gasteiger partial charge in [0.15, 0.2) is 0 Å². The Morgan fingerprint density at radius 2 is 0.925 bits per heavy atom. The first kappa shape index (κ1) is 29.2. The quantitative estimate of drug-likeness (QED) is 0.158. The lowest BCUT2D eigenvalue weighted by Crippen LogP contribution is -2.55. The predicted molar refractivity (Wildman–Crippen MR) is 226 cm³/mol. The Balaban J connectivity index is 1.07. The highest BCUT2D eigenvalue weighted by Crippen LogP contribution is 2.70. The average Bonchev–Trinajstić information content (AvgIpc) is 3.72. The molecule has 1 heterocycles. The number of fused-ring (bicyclic) bond motifs is 10. The molecule has 0 N–H and O–H groups in total. The molecule has 0 radical (unpaired) electrons. The smallest absolute Gasteiger partial charge is 0.0355 e. The van der Waals surface area contributed by atoms with E-state index in [1.165, 1.54) is 118 Å². The first-order valence-electron chi connectivity index (χ1n) is 19.8. The molecule has 5 aliphatic carbocycles. The minimum atomic E-state index is 0.180. The molecule has 1 spiro atoms. The molecule has 1 heteroatoms. The fourth-order valence-corrected chi connectivity index (χ4v) is 13.8. The van der Waals surface area contributed by atoms with Crippen LogP contribution in [-0.2, 0) is 5.41 Å². The fraction of sp³-hybridized carbons (Fsp3) is 0.192. The molecule has 14 rings (SSSR count). The first-order chi connectivity index (χ1) is 26.2. The average molecular weight is 695 g/mol. The Labute approximate surface area is 313 Å². The molecule has 53 heavy (non-hydrogen) atoms. The summed E-state index contributed by atoms with van der Waals surface area (Å²) in [4.78, 5) is 0. The number of benzene rings is 8. The highest BCUT2D eigenvalue weighted by atomic mass is 32.1. The molecule has 0 atom stereocenters. The zero-order chi connectivity index (χ0) is 34.4. The lowest BCUT2D eigenvalue weighted by atomic mass is 9.43. The maximum Gasteiger partial charge on any atom is 0.0355 e.